The summed E-state index contributed by atoms with van der Waals surface area (Å²) in [6.07, 6.45) is 3.04. The summed E-state index contributed by atoms with van der Waals surface area (Å²) in [5.41, 5.74) is 1.19. The van der Waals surface area contributed by atoms with E-state index in [0.29, 0.717) is 27.0 Å². The number of pyridine rings is 1. The Morgan fingerprint density at radius 2 is 2.09 bits per heavy atom. The van der Waals surface area contributed by atoms with Gasteiger partial charge in [0, 0.05) is 0 Å². The molecule has 0 aliphatic rings. The molecule has 0 saturated heterocycles. The Morgan fingerprint density at radius 3 is 2.74 bits per heavy atom. The van der Waals surface area contributed by atoms with Gasteiger partial charge in [-0.2, -0.15) is 0 Å². The number of carboxylic acid groups (broad SMARTS) is 1. The average Bonchev–Trinajstić information content (AvgIpc) is 2.53. The summed E-state index contributed by atoms with van der Waals surface area (Å²) in [5.74, 6) is -1.67. The number of carboxylic acids is 1. The van der Waals surface area contributed by atoms with E-state index in [1.807, 2.05) is 0 Å². The molecule has 0 aliphatic carbocycles. The molecule has 0 fully saturated rings. The van der Waals surface area contributed by atoms with Gasteiger partial charge in [0.1, 0.15) is 11.9 Å². The van der Waals surface area contributed by atoms with Crippen LogP contribution < -0.4 is 5.56 Å². The molecule has 2 heterocycles. The molecular formula is C16H14N2O4S. The van der Waals surface area contributed by atoms with Crippen molar-refractivity contribution in [2.45, 2.75) is 17.7 Å². The topological polar surface area (TPSA) is 94.7 Å². The zero-order valence-corrected chi connectivity index (χ0v) is 13.3. The third-order valence-corrected chi connectivity index (χ3v) is 4.71. The Bertz CT molecular complexity index is 981. The predicted octanol–water partition coefficient (Wildman–Crippen LogP) is 1.77. The van der Waals surface area contributed by atoms with Crippen molar-refractivity contribution in [1.82, 2.24) is 9.38 Å². The van der Waals surface area contributed by atoms with Crippen LogP contribution in [0.15, 0.2) is 46.2 Å². The zero-order valence-electron chi connectivity index (χ0n) is 12.5. The molecule has 0 amide bonds. The van der Waals surface area contributed by atoms with Crippen LogP contribution >= 0.6 is 0 Å². The summed E-state index contributed by atoms with van der Waals surface area (Å²) >= 11 is -1.21. The molecule has 0 spiro atoms. The van der Waals surface area contributed by atoms with Gasteiger partial charge in [0.2, 0.25) is 0 Å². The van der Waals surface area contributed by atoms with Crippen LogP contribution in [0.1, 0.15) is 18.4 Å². The summed E-state index contributed by atoms with van der Waals surface area (Å²) < 4.78 is 12.9. The first-order valence-corrected chi connectivity index (χ1v) is 8.46. The smallest absolute Gasteiger partial charge is 0.310 e. The second-order valence-corrected chi connectivity index (χ2v) is 6.68. The van der Waals surface area contributed by atoms with Crippen LogP contribution in [0.4, 0.5) is 0 Å². The predicted molar refractivity (Wildman–Crippen MR) is 87.4 cm³/mol. The second-order valence-electron chi connectivity index (χ2n) is 5.30. The summed E-state index contributed by atoms with van der Waals surface area (Å²) in [7, 11) is 0. The van der Waals surface area contributed by atoms with Crippen LogP contribution in [0.25, 0.3) is 16.6 Å². The molecule has 0 aliphatic heterocycles. The maximum atomic E-state index is 12.7. The molecule has 0 radical (unpaired) electrons. The third kappa shape index (κ3) is 2.69. The first-order valence-electron chi connectivity index (χ1n) is 6.91. The molecule has 0 saturated carbocycles. The lowest BCUT2D eigenvalue weighted by atomic mass is 10.00. The Morgan fingerprint density at radius 1 is 1.35 bits per heavy atom. The third-order valence-electron chi connectivity index (χ3n) is 3.81. The molecule has 2 unspecified atom stereocenters. The summed E-state index contributed by atoms with van der Waals surface area (Å²) in [5, 5.41) is 9.45. The highest BCUT2D eigenvalue weighted by atomic mass is 32.2. The minimum absolute atomic E-state index is 0.309. The monoisotopic (exact) mass is 330 g/mol. The molecule has 3 rings (SSSR count). The number of fused-ring (bicyclic) bond motifs is 2. The van der Waals surface area contributed by atoms with Gasteiger partial charge >= 0.3 is 5.97 Å². The molecule has 7 heteroatoms. The number of benzene rings is 1. The molecule has 6 nitrogen and oxygen atoms in total. The first kappa shape index (κ1) is 15.5. The van der Waals surface area contributed by atoms with E-state index in [0.717, 1.165) is 0 Å². The van der Waals surface area contributed by atoms with Crippen molar-refractivity contribution in [1.29, 1.82) is 0 Å². The fourth-order valence-corrected chi connectivity index (χ4v) is 2.90. The molecule has 118 valence electrons. The standard InChI is InChI=1S/C16H14N2O4S/c1-9(16(20)21)10-3-5-13-12(7-10)15(19)18-8-11(23(2)22)4-6-14(18)17-13/h3-9H,1-2H3,(H,20,21). The minimum Gasteiger partial charge on any atom is -0.612 e. The van der Waals surface area contributed by atoms with E-state index in [4.69, 9.17) is 5.11 Å². The van der Waals surface area contributed by atoms with Crippen molar-refractivity contribution in [2.24, 2.45) is 0 Å². The maximum absolute atomic E-state index is 12.7. The molecular weight excluding hydrogens is 316 g/mol. The van der Waals surface area contributed by atoms with Gasteiger partial charge in [-0.3, -0.25) is 14.0 Å². The quantitative estimate of drug-likeness (QED) is 0.583. The van der Waals surface area contributed by atoms with Gasteiger partial charge in [-0.15, -0.1) is 0 Å². The Kier molecular flexibility index (Phi) is 3.83. The summed E-state index contributed by atoms with van der Waals surface area (Å²) in [4.78, 5) is 28.7. The van der Waals surface area contributed by atoms with Crippen LogP contribution in [-0.2, 0) is 16.0 Å². The fourth-order valence-electron chi connectivity index (χ4n) is 2.38. The van der Waals surface area contributed by atoms with Crippen LogP contribution in [0.2, 0.25) is 0 Å². The Labute approximate surface area is 134 Å². The van der Waals surface area contributed by atoms with Gasteiger partial charge in [-0.05, 0) is 47.9 Å². The normalized spacial score (nSPS) is 14.0. The number of nitrogens with zero attached hydrogens (tertiary/aromatic N) is 2. The molecule has 23 heavy (non-hydrogen) atoms. The average molecular weight is 330 g/mol. The lowest BCUT2D eigenvalue weighted by Gasteiger charge is -2.09. The van der Waals surface area contributed by atoms with Gasteiger partial charge < -0.3 is 9.66 Å². The van der Waals surface area contributed by atoms with E-state index >= 15 is 0 Å². The van der Waals surface area contributed by atoms with E-state index < -0.39 is 23.1 Å². The highest BCUT2D eigenvalue weighted by molar-refractivity contribution is 7.90. The number of aromatic nitrogens is 2. The second kappa shape index (κ2) is 5.68. The first-order chi connectivity index (χ1) is 10.9. The van der Waals surface area contributed by atoms with Gasteiger partial charge in [-0.25, -0.2) is 4.98 Å². The molecule has 0 bridgehead atoms. The number of hydrogen-bond acceptors (Lipinski definition) is 4. The number of hydrogen-bond donors (Lipinski definition) is 1. The number of rotatable bonds is 3. The van der Waals surface area contributed by atoms with Crippen molar-refractivity contribution in [3.05, 3.63) is 52.4 Å². The van der Waals surface area contributed by atoms with Crippen molar-refractivity contribution < 1.29 is 14.5 Å². The Balaban J connectivity index is 2.30. The molecule has 1 N–H and O–H groups in total. The summed E-state index contributed by atoms with van der Waals surface area (Å²) in [6, 6.07) is 8.19. The highest BCUT2D eigenvalue weighted by Crippen LogP contribution is 2.20. The van der Waals surface area contributed by atoms with Gasteiger partial charge in [0.05, 0.1) is 23.0 Å². The van der Waals surface area contributed by atoms with Crippen molar-refractivity contribution >= 4 is 33.7 Å². The van der Waals surface area contributed by atoms with E-state index in [1.54, 1.807) is 37.3 Å². The molecule has 2 aromatic heterocycles. The lowest BCUT2D eigenvalue weighted by molar-refractivity contribution is -0.138. The van der Waals surface area contributed by atoms with Gasteiger partial charge in [0.25, 0.3) is 5.56 Å². The van der Waals surface area contributed by atoms with Crippen LogP contribution in [0.5, 0.6) is 0 Å². The molecule has 2 atom stereocenters. The number of carbonyl (C=O) groups is 1. The SMILES string of the molecule is CC(C(=O)O)c1ccc2nc3ccc([S+](C)[O-])cn3c(=O)c2c1. The molecule has 3 aromatic rings. The maximum Gasteiger partial charge on any atom is 0.310 e. The van der Waals surface area contributed by atoms with Crippen LogP contribution in [-0.4, -0.2) is 31.3 Å². The number of aliphatic carboxylic acids is 1. The molecule has 1 aromatic carbocycles. The Hall–Kier alpha value is -2.38. The van der Waals surface area contributed by atoms with E-state index in [2.05, 4.69) is 4.98 Å². The van der Waals surface area contributed by atoms with Gasteiger partial charge in [-0.1, -0.05) is 6.07 Å². The van der Waals surface area contributed by atoms with Crippen LogP contribution in [0, 0.1) is 0 Å². The lowest BCUT2D eigenvalue weighted by Crippen LogP contribution is -2.17. The van der Waals surface area contributed by atoms with E-state index in [1.165, 1.54) is 16.9 Å². The van der Waals surface area contributed by atoms with Crippen molar-refractivity contribution in [2.75, 3.05) is 6.26 Å². The van der Waals surface area contributed by atoms with E-state index in [9.17, 15) is 14.1 Å². The van der Waals surface area contributed by atoms with Crippen molar-refractivity contribution in [3.8, 4) is 0 Å². The van der Waals surface area contributed by atoms with Gasteiger partial charge in [0.15, 0.2) is 4.90 Å². The van der Waals surface area contributed by atoms with Crippen molar-refractivity contribution in [3.63, 3.8) is 0 Å². The largest absolute Gasteiger partial charge is 0.612 e. The zero-order chi connectivity index (χ0) is 16.7. The summed E-state index contributed by atoms with van der Waals surface area (Å²) in [6.45, 7) is 1.56. The minimum atomic E-state index is -1.21. The fraction of sp³-hybridized carbons (Fsp3) is 0.188. The van der Waals surface area contributed by atoms with E-state index in [-0.39, 0.29) is 5.56 Å². The van der Waals surface area contributed by atoms with Crippen LogP contribution in [0.3, 0.4) is 0 Å². The highest BCUT2D eigenvalue weighted by Gasteiger charge is 2.16.